The lowest BCUT2D eigenvalue weighted by atomic mass is 10.2. The van der Waals surface area contributed by atoms with Crippen LogP contribution in [0.1, 0.15) is 38.2 Å². The molecule has 2 N–H and O–H groups in total. The van der Waals surface area contributed by atoms with Crippen molar-refractivity contribution in [2.45, 2.75) is 39.6 Å². The number of nitrogens with zero attached hydrogens (tertiary/aromatic N) is 7. The molecular formula is C28H35FN8O4. The van der Waals surface area contributed by atoms with Crippen molar-refractivity contribution < 1.29 is 23.5 Å². The summed E-state index contributed by atoms with van der Waals surface area (Å²) in [4.78, 5) is 38.6. The maximum absolute atomic E-state index is 14.4. The van der Waals surface area contributed by atoms with Crippen molar-refractivity contribution in [1.82, 2.24) is 29.5 Å². The molecule has 1 unspecified atom stereocenters. The lowest BCUT2D eigenvalue weighted by molar-refractivity contribution is 0.0536. The molecule has 218 valence electrons. The lowest BCUT2D eigenvalue weighted by Crippen LogP contribution is -2.51. The SMILES string of the molecule is C/C(=C\N(C)C(/N=C/N)c1nn(Cc2ccccc2F)c2ncccc12)OC(=O)N1CCN(C(=O)OC(C)C)CC1. The van der Waals surface area contributed by atoms with Gasteiger partial charge in [0.25, 0.3) is 0 Å². The monoisotopic (exact) mass is 566 g/mol. The minimum Gasteiger partial charge on any atom is -0.447 e. The van der Waals surface area contributed by atoms with Crippen molar-refractivity contribution in [2.24, 2.45) is 10.7 Å². The molecular weight excluding hydrogens is 531 g/mol. The Morgan fingerprint density at radius 1 is 1.12 bits per heavy atom. The van der Waals surface area contributed by atoms with E-state index >= 15 is 0 Å². The molecule has 1 aliphatic heterocycles. The Balaban J connectivity index is 1.48. The average molecular weight is 567 g/mol. The van der Waals surface area contributed by atoms with E-state index < -0.39 is 18.4 Å². The zero-order chi connectivity index (χ0) is 29.5. The second-order valence-electron chi connectivity index (χ2n) is 9.86. The first-order chi connectivity index (χ1) is 19.7. The molecule has 1 aliphatic rings. The highest BCUT2D eigenvalue weighted by atomic mass is 19.1. The van der Waals surface area contributed by atoms with Gasteiger partial charge >= 0.3 is 12.2 Å². The van der Waals surface area contributed by atoms with E-state index in [2.05, 4.69) is 9.98 Å². The second-order valence-corrected chi connectivity index (χ2v) is 9.86. The van der Waals surface area contributed by atoms with Gasteiger partial charge < -0.3 is 29.9 Å². The van der Waals surface area contributed by atoms with E-state index in [0.29, 0.717) is 48.8 Å². The Labute approximate surface area is 237 Å². The average Bonchev–Trinajstić information content (AvgIpc) is 3.30. The number of piperazine rings is 1. The van der Waals surface area contributed by atoms with E-state index in [-0.39, 0.29) is 18.5 Å². The van der Waals surface area contributed by atoms with Crippen LogP contribution in [0, 0.1) is 5.82 Å². The summed E-state index contributed by atoms with van der Waals surface area (Å²) in [6, 6.07) is 10.2. The Hall–Kier alpha value is -4.68. The molecule has 1 saturated heterocycles. The minimum atomic E-state index is -0.683. The number of benzene rings is 1. The maximum Gasteiger partial charge on any atom is 0.415 e. The standard InChI is InChI=1S/C28H35FN8O4/c1-19(2)40-27(38)35-12-14-36(15-13-35)28(39)41-20(3)16-34(4)26(32-18-30)24-22-9-7-11-31-25(22)37(33-24)17-21-8-5-6-10-23(21)29/h5-11,16,18-19,26H,12-15,17H2,1-4H3,(H2,30,32)/b20-16+. The molecule has 12 nitrogen and oxygen atoms in total. The van der Waals surface area contributed by atoms with Gasteiger partial charge in [0.1, 0.15) is 17.3 Å². The van der Waals surface area contributed by atoms with Gasteiger partial charge in [-0.3, -0.25) is 0 Å². The number of amides is 2. The Kier molecular flexibility index (Phi) is 9.37. The number of pyridine rings is 1. The largest absolute Gasteiger partial charge is 0.447 e. The van der Waals surface area contributed by atoms with Crippen LogP contribution in [0.25, 0.3) is 11.0 Å². The summed E-state index contributed by atoms with van der Waals surface area (Å²) in [6.45, 7) is 6.78. The van der Waals surface area contributed by atoms with E-state index in [9.17, 15) is 14.0 Å². The fourth-order valence-corrected chi connectivity index (χ4v) is 4.51. The van der Waals surface area contributed by atoms with Crippen LogP contribution in [-0.2, 0) is 16.0 Å². The fraction of sp³-hybridized carbons (Fsp3) is 0.393. The number of carbonyl (C=O) groups is 2. The number of hydrogen-bond acceptors (Lipinski definition) is 8. The zero-order valence-electron chi connectivity index (χ0n) is 23.6. The van der Waals surface area contributed by atoms with Crippen LogP contribution < -0.4 is 5.73 Å². The molecule has 3 heterocycles. The molecule has 3 aromatic rings. The molecule has 0 spiro atoms. The van der Waals surface area contributed by atoms with Crippen LogP contribution in [-0.4, -0.2) is 87.3 Å². The summed E-state index contributed by atoms with van der Waals surface area (Å²) < 4.78 is 26.8. The number of ether oxygens (including phenoxy) is 2. The summed E-state index contributed by atoms with van der Waals surface area (Å²) in [5.41, 5.74) is 7.29. The summed E-state index contributed by atoms with van der Waals surface area (Å²) in [5.74, 6) is -0.0101. The molecule has 13 heteroatoms. The summed E-state index contributed by atoms with van der Waals surface area (Å²) in [6.07, 6.45) is 2.65. The highest BCUT2D eigenvalue weighted by molar-refractivity contribution is 5.79. The maximum atomic E-state index is 14.4. The van der Waals surface area contributed by atoms with Gasteiger partial charge in [-0.25, -0.2) is 28.6 Å². The quantitative estimate of drug-likeness (QED) is 0.248. The Morgan fingerprint density at radius 2 is 1.80 bits per heavy atom. The van der Waals surface area contributed by atoms with E-state index in [0.717, 1.165) is 5.39 Å². The third-order valence-corrected chi connectivity index (χ3v) is 6.44. The Morgan fingerprint density at radius 3 is 2.46 bits per heavy atom. The molecule has 1 aromatic carbocycles. The number of aromatic nitrogens is 3. The number of aliphatic imine (C=N–C) groups is 1. The van der Waals surface area contributed by atoms with Crippen molar-refractivity contribution in [3.05, 3.63) is 71.6 Å². The lowest BCUT2D eigenvalue weighted by Gasteiger charge is -2.33. The van der Waals surface area contributed by atoms with E-state index in [1.165, 1.54) is 17.3 Å². The number of fused-ring (bicyclic) bond motifs is 1. The van der Waals surface area contributed by atoms with Crippen LogP contribution in [0.5, 0.6) is 0 Å². The molecule has 0 radical (unpaired) electrons. The summed E-state index contributed by atoms with van der Waals surface area (Å²) >= 11 is 0. The molecule has 0 bridgehead atoms. The van der Waals surface area contributed by atoms with Gasteiger partial charge in [0.15, 0.2) is 11.8 Å². The highest BCUT2D eigenvalue weighted by Gasteiger charge is 2.27. The van der Waals surface area contributed by atoms with Crippen LogP contribution in [0.3, 0.4) is 0 Å². The van der Waals surface area contributed by atoms with Gasteiger partial charge in [-0.2, -0.15) is 5.10 Å². The molecule has 4 rings (SSSR count). The fourth-order valence-electron chi connectivity index (χ4n) is 4.51. The summed E-state index contributed by atoms with van der Waals surface area (Å²) in [5, 5.41) is 5.46. The minimum absolute atomic E-state index is 0.178. The molecule has 0 saturated carbocycles. The number of carbonyl (C=O) groups excluding carboxylic acids is 2. The molecule has 0 aliphatic carbocycles. The highest BCUT2D eigenvalue weighted by Crippen LogP contribution is 2.28. The van der Waals surface area contributed by atoms with E-state index in [1.54, 1.807) is 79.0 Å². The second kappa shape index (κ2) is 13.1. The molecule has 2 amide bonds. The normalized spacial score (nSPS) is 15.0. The first kappa shape index (κ1) is 29.3. The van der Waals surface area contributed by atoms with Gasteiger partial charge in [0.2, 0.25) is 0 Å². The predicted molar refractivity (Wildman–Crippen MR) is 151 cm³/mol. The van der Waals surface area contributed by atoms with Crippen LogP contribution in [0.15, 0.2) is 59.5 Å². The number of hydrogen-bond donors (Lipinski definition) is 1. The van der Waals surface area contributed by atoms with E-state index in [4.69, 9.17) is 20.3 Å². The molecule has 1 atom stereocenters. The smallest absolute Gasteiger partial charge is 0.415 e. The van der Waals surface area contributed by atoms with E-state index in [1.807, 2.05) is 6.07 Å². The predicted octanol–water partition coefficient (Wildman–Crippen LogP) is 3.70. The first-order valence-electron chi connectivity index (χ1n) is 13.3. The van der Waals surface area contributed by atoms with Crippen LogP contribution in [0.4, 0.5) is 14.0 Å². The van der Waals surface area contributed by atoms with Crippen LogP contribution >= 0.6 is 0 Å². The number of rotatable bonds is 8. The van der Waals surface area contributed by atoms with Gasteiger partial charge in [0, 0.05) is 56.6 Å². The van der Waals surface area contributed by atoms with Crippen molar-refractivity contribution in [1.29, 1.82) is 0 Å². The first-order valence-corrected chi connectivity index (χ1v) is 13.3. The van der Waals surface area contributed by atoms with Crippen molar-refractivity contribution in [3.63, 3.8) is 0 Å². The third-order valence-electron chi connectivity index (χ3n) is 6.44. The number of halogens is 1. The van der Waals surface area contributed by atoms with Crippen LogP contribution in [0.2, 0.25) is 0 Å². The third kappa shape index (κ3) is 7.10. The van der Waals surface area contributed by atoms with Gasteiger partial charge in [-0.05, 0) is 39.0 Å². The number of allylic oxidation sites excluding steroid dienone is 1. The van der Waals surface area contributed by atoms with Crippen molar-refractivity contribution in [2.75, 3.05) is 33.2 Å². The topological polar surface area (TPSA) is 131 Å². The molecule has 1 fully saturated rings. The van der Waals surface area contributed by atoms with Gasteiger partial charge in [0.05, 0.1) is 19.0 Å². The zero-order valence-corrected chi connectivity index (χ0v) is 23.6. The van der Waals surface area contributed by atoms with Gasteiger partial charge in [-0.1, -0.05) is 18.2 Å². The molecule has 41 heavy (non-hydrogen) atoms. The van der Waals surface area contributed by atoms with Gasteiger partial charge in [-0.15, -0.1) is 0 Å². The Bertz CT molecular complexity index is 1430. The number of nitrogens with two attached hydrogens (primary N) is 1. The van der Waals surface area contributed by atoms with Crippen molar-refractivity contribution in [3.8, 4) is 0 Å². The van der Waals surface area contributed by atoms with Crippen molar-refractivity contribution >= 4 is 29.6 Å². The molecule has 2 aromatic heterocycles. The summed E-state index contributed by atoms with van der Waals surface area (Å²) in [7, 11) is 1.76.